The van der Waals surface area contributed by atoms with Crippen LogP contribution in [0.1, 0.15) is 55.7 Å². The van der Waals surface area contributed by atoms with Gasteiger partial charge in [0.15, 0.2) is 0 Å². The number of allylic oxidation sites excluding steroid dienone is 8. The molecule has 2 aromatic carbocycles. The first-order chi connectivity index (χ1) is 17.1. The highest BCUT2D eigenvalue weighted by Crippen LogP contribution is 2.39. The third-order valence-corrected chi connectivity index (χ3v) is 8.44. The molecule has 3 aromatic rings. The third-order valence-electron chi connectivity index (χ3n) is 7.27. The summed E-state index contributed by atoms with van der Waals surface area (Å²) in [6.45, 7) is 8.80. The fourth-order valence-electron chi connectivity index (χ4n) is 5.30. The third kappa shape index (κ3) is 4.68. The molecule has 0 aliphatic heterocycles. The van der Waals surface area contributed by atoms with E-state index in [1.54, 1.807) is 0 Å². The number of nitrogens with zero attached hydrogens (tertiary/aromatic N) is 1. The minimum atomic E-state index is 0.352. The molecule has 0 bridgehead atoms. The van der Waals surface area contributed by atoms with Crippen molar-refractivity contribution in [3.05, 3.63) is 112 Å². The number of hydrogen-bond acceptors (Lipinski definition) is 2. The molecule has 1 nitrogen and oxygen atoms in total. The Morgan fingerprint density at radius 2 is 1.80 bits per heavy atom. The van der Waals surface area contributed by atoms with Crippen molar-refractivity contribution in [2.75, 3.05) is 0 Å². The number of aliphatic imine (C=N–C) groups is 1. The van der Waals surface area contributed by atoms with Crippen molar-refractivity contribution in [1.29, 1.82) is 0 Å². The SMILES string of the molecule is C/C=C(/C(C)=N/C(=C(\C)c1ccccc1)c1ccc2sc3c(c2c1)CCC=C3)C1C=CC=CC1C. The van der Waals surface area contributed by atoms with Gasteiger partial charge in [0.1, 0.15) is 0 Å². The lowest BCUT2D eigenvalue weighted by molar-refractivity contribution is 0.590. The number of thiophene rings is 1. The zero-order valence-electron chi connectivity index (χ0n) is 21.1. The summed E-state index contributed by atoms with van der Waals surface area (Å²) in [5, 5.41) is 1.39. The van der Waals surface area contributed by atoms with Crippen LogP contribution in [0.25, 0.3) is 27.4 Å². The van der Waals surface area contributed by atoms with E-state index in [4.69, 9.17) is 4.99 Å². The van der Waals surface area contributed by atoms with Crippen molar-refractivity contribution in [3.63, 3.8) is 0 Å². The lowest BCUT2D eigenvalue weighted by Crippen LogP contribution is -2.17. The van der Waals surface area contributed by atoms with Crippen molar-refractivity contribution >= 4 is 44.5 Å². The van der Waals surface area contributed by atoms with Crippen LogP contribution in [-0.4, -0.2) is 5.71 Å². The van der Waals surface area contributed by atoms with Crippen LogP contribution in [0.3, 0.4) is 0 Å². The summed E-state index contributed by atoms with van der Waals surface area (Å²) in [4.78, 5) is 6.78. The van der Waals surface area contributed by atoms with Gasteiger partial charge in [0.05, 0.1) is 5.70 Å². The quantitative estimate of drug-likeness (QED) is 0.257. The van der Waals surface area contributed by atoms with Crippen LogP contribution in [-0.2, 0) is 6.42 Å². The lowest BCUT2D eigenvalue weighted by atomic mass is 9.82. The highest BCUT2D eigenvalue weighted by Gasteiger charge is 2.21. The predicted octanol–water partition coefficient (Wildman–Crippen LogP) is 9.53. The van der Waals surface area contributed by atoms with E-state index in [1.807, 2.05) is 11.3 Å². The summed E-state index contributed by atoms with van der Waals surface area (Å²) in [6, 6.07) is 17.6. The van der Waals surface area contributed by atoms with E-state index >= 15 is 0 Å². The lowest BCUT2D eigenvalue weighted by Gasteiger charge is -2.24. The first-order valence-electron chi connectivity index (χ1n) is 12.6. The molecule has 2 aliphatic carbocycles. The second-order valence-corrected chi connectivity index (χ2v) is 10.6. The van der Waals surface area contributed by atoms with Gasteiger partial charge in [-0.15, -0.1) is 11.3 Å². The van der Waals surface area contributed by atoms with Gasteiger partial charge in [-0.1, -0.05) is 79.8 Å². The molecule has 0 radical (unpaired) electrons. The van der Waals surface area contributed by atoms with Crippen LogP contribution >= 0.6 is 11.3 Å². The molecule has 35 heavy (non-hydrogen) atoms. The van der Waals surface area contributed by atoms with E-state index in [2.05, 4.69) is 119 Å². The summed E-state index contributed by atoms with van der Waals surface area (Å²) >= 11 is 1.90. The van der Waals surface area contributed by atoms with Gasteiger partial charge in [-0.25, -0.2) is 0 Å². The predicted molar refractivity (Wildman–Crippen MR) is 156 cm³/mol. The molecule has 0 spiro atoms. The maximum Gasteiger partial charge on any atom is 0.0740 e. The van der Waals surface area contributed by atoms with Crippen molar-refractivity contribution < 1.29 is 0 Å². The fraction of sp³-hybridized carbons (Fsp3) is 0.242. The molecule has 0 N–H and O–H groups in total. The summed E-state index contributed by atoms with van der Waals surface area (Å²) in [6.07, 6.45) is 18.0. The first kappa shape index (κ1) is 23.5. The molecule has 2 atom stereocenters. The maximum absolute atomic E-state index is 5.37. The van der Waals surface area contributed by atoms with E-state index < -0.39 is 0 Å². The second-order valence-electron chi connectivity index (χ2n) is 9.53. The zero-order valence-corrected chi connectivity index (χ0v) is 21.9. The number of aryl methyl sites for hydroxylation is 1. The molecule has 2 aliphatic rings. The Kier molecular flexibility index (Phi) is 6.83. The molecule has 1 aromatic heterocycles. The molecule has 2 heteroatoms. The Labute approximate surface area is 213 Å². The van der Waals surface area contributed by atoms with E-state index in [-0.39, 0.29) is 0 Å². The van der Waals surface area contributed by atoms with E-state index in [1.165, 1.54) is 42.8 Å². The standard InChI is InChI=1S/C33H33NS/c1-5-27(28-16-10-9-13-22(28)2)24(4)34-33(23(3)25-14-7-6-8-15-25)26-19-20-32-30(21-26)29-17-11-12-18-31(29)35-32/h5-10,12-16,18-22,28H,11,17H2,1-4H3/b27-5-,33-23+,34-24+. The smallest absolute Gasteiger partial charge is 0.0740 e. The minimum Gasteiger partial charge on any atom is -0.253 e. The molecular formula is C33H33NS. The van der Waals surface area contributed by atoms with Gasteiger partial charge in [-0.3, -0.25) is 4.99 Å². The van der Waals surface area contributed by atoms with Crippen molar-refractivity contribution in [1.82, 2.24) is 0 Å². The van der Waals surface area contributed by atoms with Crippen LogP contribution in [0, 0.1) is 11.8 Å². The molecule has 2 unspecified atom stereocenters. The summed E-state index contributed by atoms with van der Waals surface area (Å²) in [5.41, 5.74) is 8.55. The number of hydrogen-bond donors (Lipinski definition) is 0. The molecule has 176 valence electrons. The van der Waals surface area contributed by atoms with Gasteiger partial charge in [0.25, 0.3) is 0 Å². The van der Waals surface area contributed by atoms with Crippen molar-refractivity contribution in [3.8, 4) is 0 Å². The molecule has 0 fully saturated rings. The number of rotatable bonds is 5. The molecule has 0 saturated carbocycles. The fourth-order valence-corrected chi connectivity index (χ4v) is 6.46. The van der Waals surface area contributed by atoms with Crippen LogP contribution in [0.4, 0.5) is 0 Å². The minimum absolute atomic E-state index is 0.352. The van der Waals surface area contributed by atoms with Gasteiger partial charge >= 0.3 is 0 Å². The normalized spacial score (nSPS) is 20.8. The Bertz CT molecular complexity index is 1420. The van der Waals surface area contributed by atoms with E-state index in [9.17, 15) is 0 Å². The summed E-state index contributed by atoms with van der Waals surface area (Å²) < 4.78 is 1.37. The van der Waals surface area contributed by atoms with Gasteiger partial charge in [0, 0.05) is 26.8 Å². The maximum atomic E-state index is 5.37. The van der Waals surface area contributed by atoms with Crippen molar-refractivity contribution in [2.45, 2.75) is 40.5 Å². The van der Waals surface area contributed by atoms with Gasteiger partial charge in [-0.2, -0.15) is 0 Å². The average molecular weight is 476 g/mol. The Balaban J connectivity index is 1.65. The second kappa shape index (κ2) is 10.2. The molecule has 0 saturated heterocycles. The first-order valence-corrected chi connectivity index (χ1v) is 13.4. The number of benzene rings is 2. The van der Waals surface area contributed by atoms with Crippen LogP contribution in [0.15, 0.2) is 95.6 Å². The highest BCUT2D eigenvalue weighted by atomic mass is 32.1. The number of fused-ring (bicyclic) bond motifs is 3. The summed E-state index contributed by atoms with van der Waals surface area (Å²) in [7, 11) is 0. The molecular weight excluding hydrogens is 442 g/mol. The van der Waals surface area contributed by atoms with Crippen LogP contribution < -0.4 is 0 Å². The van der Waals surface area contributed by atoms with Gasteiger partial charge < -0.3 is 0 Å². The monoisotopic (exact) mass is 475 g/mol. The Hall–Kier alpha value is -3.23. The van der Waals surface area contributed by atoms with E-state index in [0.717, 1.165) is 24.3 Å². The van der Waals surface area contributed by atoms with Gasteiger partial charge in [-0.05, 0) is 85.4 Å². The van der Waals surface area contributed by atoms with Gasteiger partial charge in [0.2, 0.25) is 0 Å². The average Bonchev–Trinajstić information content (AvgIpc) is 3.27. The highest BCUT2D eigenvalue weighted by molar-refractivity contribution is 7.20. The van der Waals surface area contributed by atoms with Crippen LogP contribution in [0.2, 0.25) is 0 Å². The molecule has 0 amide bonds. The van der Waals surface area contributed by atoms with Crippen LogP contribution in [0.5, 0.6) is 0 Å². The zero-order chi connectivity index (χ0) is 24.4. The topological polar surface area (TPSA) is 12.4 Å². The van der Waals surface area contributed by atoms with E-state index in [0.29, 0.717) is 11.8 Å². The molecule has 1 heterocycles. The largest absolute Gasteiger partial charge is 0.253 e. The Morgan fingerprint density at radius 1 is 1.00 bits per heavy atom. The Morgan fingerprint density at radius 3 is 2.57 bits per heavy atom. The summed E-state index contributed by atoms with van der Waals surface area (Å²) in [5.74, 6) is 0.811. The molecule has 5 rings (SSSR count). The van der Waals surface area contributed by atoms with Crippen molar-refractivity contribution in [2.24, 2.45) is 16.8 Å².